The topological polar surface area (TPSA) is 9.23 Å². The second-order valence-electron chi connectivity index (χ2n) is 8.60. The Balaban J connectivity index is 1.42. The van der Waals surface area contributed by atoms with Crippen molar-refractivity contribution < 1.29 is 4.74 Å². The molecule has 0 saturated carbocycles. The second-order valence-corrected chi connectivity index (χ2v) is 8.60. The largest absolute Gasteiger partial charge is 0.494 e. The number of unbranched alkanes of at least 4 members (excludes halogenated alkanes) is 2. The van der Waals surface area contributed by atoms with Gasteiger partial charge in [0, 0.05) is 0 Å². The molecule has 156 valence electrons. The van der Waals surface area contributed by atoms with E-state index < -0.39 is 0 Å². The van der Waals surface area contributed by atoms with Gasteiger partial charge in [0.05, 0.1) is 6.61 Å². The molecule has 1 aliphatic carbocycles. The van der Waals surface area contributed by atoms with Crippen LogP contribution < -0.4 is 4.74 Å². The lowest BCUT2D eigenvalue weighted by atomic mass is 9.79. The molecule has 3 aromatic carbocycles. The summed E-state index contributed by atoms with van der Waals surface area (Å²) in [5.41, 5.74) is 8.56. The third-order valence-corrected chi connectivity index (χ3v) is 6.50. The zero-order valence-corrected chi connectivity index (χ0v) is 18.5. The van der Waals surface area contributed by atoms with Gasteiger partial charge in [0.1, 0.15) is 5.75 Å². The third-order valence-electron chi connectivity index (χ3n) is 6.50. The molecule has 4 rings (SSSR count). The van der Waals surface area contributed by atoms with Crippen molar-refractivity contribution in [3.8, 4) is 16.9 Å². The molecule has 1 aliphatic rings. The zero-order chi connectivity index (χ0) is 20.8. The molecule has 0 saturated heterocycles. The first-order valence-corrected chi connectivity index (χ1v) is 11.7. The highest BCUT2D eigenvalue weighted by molar-refractivity contribution is 5.66. The molecule has 0 amide bonds. The minimum Gasteiger partial charge on any atom is -0.494 e. The van der Waals surface area contributed by atoms with E-state index in [2.05, 4.69) is 80.6 Å². The van der Waals surface area contributed by atoms with Crippen molar-refractivity contribution in [3.63, 3.8) is 0 Å². The summed E-state index contributed by atoms with van der Waals surface area (Å²) in [6.07, 6.45) is 8.28. The maximum atomic E-state index is 5.86. The summed E-state index contributed by atoms with van der Waals surface area (Å²) in [6.45, 7) is 5.25. The van der Waals surface area contributed by atoms with E-state index in [1.54, 1.807) is 0 Å². The number of hydrogen-bond donors (Lipinski definition) is 0. The maximum absolute atomic E-state index is 5.86. The Hall–Kier alpha value is -2.54. The van der Waals surface area contributed by atoms with Crippen LogP contribution >= 0.6 is 0 Å². The predicted octanol–water partition coefficient (Wildman–Crippen LogP) is 7.76. The van der Waals surface area contributed by atoms with Crippen LogP contribution in [0.3, 0.4) is 0 Å². The van der Waals surface area contributed by atoms with Crippen LogP contribution in [0, 0.1) is 0 Å². The van der Waals surface area contributed by atoms with Crippen LogP contribution in [0.1, 0.15) is 67.7 Å². The van der Waals surface area contributed by atoms with Crippen LogP contribution in [0.4, 0.5) is 0 Å². The smallest absolute Gasteiger partial charge is 0.119 e. The van der Waals surface area contributed by atoms with Crippen molar-refractivity contribution >= 4 is 0 Å². The summed E-state index contributed by atoms with van der Waals surface area (Å²) in [5, 5.41) is 0. The highest BCUT2D eigenvalue weighted by atomic mass is 16.5. The van der Waals surface area contributed by atoms with Crippen molar-refractivity contribution in [1.29, 1.82) is 0 Å². The molecule has 30 heavy (non-hydrogen) atoms. The lowest BCUT2D eigenvalue weighted by Crippen LogP contribution is -2.12. The van der Waals surface area contributed by atoms with Gasteiger partial charge in [-0.1, -0.05) is 81.3 Å². The monoisotopic (exact) mass is 398 g/mol. The highest BCUT2D eigenvalue weighted by Gasteiger charge is 2.20. The fourth-order valence-electron chi connectivity index (χ4n) is 4.53. The summed E-state index contributed by atoms with van der Waals surface area (Å²) >= 11 is 0. The summed E-state index contributed by atoms with van der Waals surface area (Å²) < 4.78 is 5.86. The van der Waals surface area contributed by atoms with E-state index in [4.69, 9.17) is 4.74 Å². The van der Waals surface area contributed by atoms with E-state index in [0.29, 0.717) is 5.92 Å². The van der Waals surface area contributed by atoms with Gasteiger partial charge in [0.25, 0.3) is 0 Å². The quantitative estimate of drug-likeness (QED) is 0.352. The number of rotatable bonds is 8. The fraction of sp³-hybridized carbons (Fsp3) is 0.379. The van der Waals surface area contributed by atoms with Crippen molar-refractivity contribution in [3.05, 3.63) is 89.0 Å². The van der Waals surface area contributed by atoms with Crippen LogP contribution in [0.5, 0.6) is 5.75 Å². The Kier molecular flexibility index (Phi) is 6.89. The predicted molar refractivity (Wildman–Crippen MR) is 127 cm³/mol. The van der Waals surface area contributed by atoms with Gasteiger partial charge < -0.3 is 4.74 Å². The van der Waals surface area contributed by atoms with Gasteiger partial charge in [-0.25, -0.2) is 0 Å². The third kappa shape index (κ3) is 4.95. The minimum absolute atomic E-state index is 0.651. The first kappa shape index (κ1) is 20.7. The standard InChI is InChI=1S/C29H34O/c1-3-5-6-19-30-29-17-15-24(16-18-29)26-12-14-27-20-25(11-13-28(27)21-26)23-9-7-22(4-2)8-10-23/h7-10,12,14-18,21,25H,3-6,11,13,19-20H2,1-2H3. The Morgan fingerprint density at radius 2 is 1.57 bits per heavy atom. The molecule has 0 fully saturated rings. The average Bonchev–Trinajstić information content (AvgIpc) is 2.81. The van der Waals surface area contributed by atoms with Gasteiger partial charge >= 0.3 is 0 Å². The van der Waals surface area contributed by atoms with Gasteiger partial charge in [-0.15, -0.1) is 0 Å². The van der Waals surface area contributed by atoms with Crippen LogP contribution in [-0.4, -0.2) is 6.61 Å². The Morgan fingerprint density at radius 1 is 0.800 bits per heavy atom. The molecule has 0 N–H and O–H groups in total. The molecule has 0 heterocycles. The summed E-state index contributed by atoms with van der Waals surface area (Å²) in [5.74, 6) is 1.63. The van der Waals surface area contributed by atoms with E-state index in [1.165, 1.54) is 59.1 Å². The molecule has 0 aliphatic heterocycles. The normalized spacial score (nSPS) is 15.6. The van der Waals surface area contributed by atoms with Crippen molar-refractivity contribution in [1.82, 2.24) is 0 Å². The maximum Gasteiger partial charge on any atom is 0.119 e. The number of benzene rings is 3. The molecule has 0 bridgehead atoms. The number of fused-ring (bicyclic) bond motifs is 1. The van der Waals surface area contributed by atoms with Crippen LogP contribution in [0.25, 0.3) is 11.1 Å². The number of aryl methyl sites for hydroxylation is 2. The molecule has 1 atom stereocenters. The lowest BCUT2D eigenvalue weighted by Gasteiger charge is -2.26. The van der Waals surface area contributed by atoms with E-state index in [-0.39, 0.29) is 0 Å². The molecule has 3 aromatic rings. The van der Waals surface area contributed by atoms with Crippen molar-refractivity contribution in [2.75, 3.05) is 6.61 Å². The minimum atomic E-state index is 0.651. The summed E-state index contributed by atoms with van der Waals surface area (Å²) in [4.78, 5) is 0. The Bertz CT molecular complexity index is 937. The number of hydrogen-bond acceptors (Lipinski definition) is 1. The van der Waals surface area contributed by atoms with E-state index in [9.17, 15) is 0 Å². The van der Waals surface area contributed by atoms with Crippen molar-refractivity contribution in [2.24, 2.45) is 0 Å². The highest BCUT2D eigenvalue weighted by Crippen LogP contribution is 2.35. The van der Waals surface area contributed by atoms with Crippen molar-refractivity contribution in [2.45, 2.75) is 64.7 Å². The Morgan fingerprint density at radius 3 is 2.30 bits per heavy atom. The van der Waals surface area contributed by atoms with Gasteiger partial charge in [-0.05, 0) is 83.5 Å². The fourth-order valence-corrected chi connectivity index (χ4v) is 4.53. The lowest BCUT2D eigenvalue weighted by molar-refractivity contribution is 0.306. The SMILES string of the molecule is CCCCCOc1ccc(-c2ccc3c(c2)CCC(c2ccc(CC)cc2)C3)cc1. The molecule has 1 nitrogen and oxygen atoms in total. The molecule has 1 unspecified atom stereocenters. The summed E-state index contributed by atoms with van der Waals surface area (Å²) in [7, 11) is 0. The molecule has 0 radical (unpaired) electrons. The van der Waals surface area contributed by atoms with Crippen LogP contribution in [0.15, 0.2) is 66.7 Å². The molecular formula is C29H34O. The average molecular weight is 399 g/mol. The van der Waals surface area contributed by atoms with Gasteiger partial charge in [-0.3, -0.25) is 0 Å². The Labute approximate surface area is 182 Å². The number of ether oxygens (including phenoxy) is 1. The molecule has 0 spiro atoms. The van der Waals surface area contributed by atoms with Gasteiger partial charge in [0.2, 0.25) is 0 Å². The summed E-state index contributed by atoms with van der Waals surface area (Å²) in [6, 6.07) is 24.9. The van der Waals surface area contributed by atoms with E-state index in [1.807, 2.05) is 0 Å². The first-order valence-electron chi connectivity index (χ1n) is 11.7. The molecule has 1 heteroatoms. The van der Waals surface area contributed by atoms with Gasteiger partial charge in [-0.2, -0.15) is 0 Å². The first-order chi connectivity index (χ1) is 14.8. The van der Waals surface area contributed by atoms with Crippen LogP contribution in [0.2, 0.25) is 0 Å². The van der Waals surface area contributed by atoms with Crippen LogP contribution in [-0.2, 0) is 19.3 Å². The molecular weight excluding hydrogens is 364 g/mol. The second kappa shape index (κ2) is 9.98. The molecule has 0 aromatic heterocycles. The van der Waals surface area contributed by atoms with E-state index in [0.717, 1.165) is 31.6 Å². The van der Waals surface area contributed by atoms with Gasteiger partial charge in [0.15, 0.2) is 0 Å². The van der Waals surface area contributed by atoms with E-state index >= 15 is 0 Å². The zero-order valence-electron chi connectivity index (χ0n) is 18.5.